The first-order chi connectivity index (χ1) is 20.6. The second-order valence-electron chi connectivity index (χ2n) is 10.0. The lowest BCUT2D eigenvalue weighted by Gasteiger charge is -2.07. The first-order valence-corrected chi connectivity index (χ1v) is 14.1. The molecule has 0 aliphatic heterocycles. The maximum Gasteiger partial charge on any atom is 0.136 e. The molecule has 0 spiro atoms. The summed E-state index contributed by atoms with van der Waals surface area (Å²) in [6.45, 7) is 4.27. The number of hydrogen-bond donors (Lipinski definition) is 0. The number of rotatable bonds is 7. The summed E-state index contributed by atoms with van der Waals surface area (Å²) in [5.74, 6) is 2.96. The molecule has 6 heteroatoms. The zero-order valence-corrected chi connectivity index (χ0v) is 24.2. The lowest BCUT2D eigenvalue weighted by Crippen LogP contribution is -2.08. The summed E-state index contributed by atoms with van der Waals surface area (Å²) in [5, 5.41) is 13.0. The minimum atomic E-state index is 0.698. The van der Waals surface area contributed by atoms with Crippen molar-refractivity contribution in [3.63, 3.8) is 0 Å². The van der Waals surface area contributed by atoms with E-state index in [9.17, 15) is 0 Å². The number of hydrogen-bond acceptors (Lipinski definition) is 6. The lowest BCUT2D eigenvalue weighted by molar-refractivity contribution is 0.414. The number of methoxy groups -OCH3 is 2. The van der Waals surface area contributed by atoms with Crippen molar-refractivity contribution in [2.24, 2.45) is 10.2 Å². The Labute approximate surface area is 244 Å². The van der Waals surface area contributed by atoms with E-state index in [1.54, 1.807) is 14.2 Å². The van der Waals surface area contributed by atoms with Crippen LogP contribution in [0.2, 0.25) is 0 Å². The van der Waals surface area contributed by atoms with Gasteiger partial charge in [0, 0.05) is 34.0 Å². The van der Waals surface area contributed by atoms with Gasteiger partial charge in [0.05, 0.1) is 14.2 Å². The van der Waals surface area contributed by atoms with Crippen LogP contribution in [0.4, 0.5) is 0 Å². The highest BCUT2D eigenvalue weighted by Crippen LogP contribution is 2.27. The summed E-state index contributed by atoms with van der Waals surface area (Å²) in [5.41, 5.74) is 5.73. The summed E-state index contributed by atoms with van der Waals surface area (Å²) in [7, 11) is 3.31. The van der Waals surface area contributed by atoms with Crippen LogP contribution >= 0.6 is 0 Å². The molecular formula is C36H32N2O4. The van der Waals surface area contributed by atoms with Crippen molar-refractivity contribution in [1.29, 1.82) is 0 Å². The summed E-state index contributed by atoms with van der Waals surface area (Å²) in [6.07, 6.45) is 1.81. The molecule has 0 radical (unpaired) electrons. The van der Waals surface area contributed by atoms with E-state index in [1.807, 2.05) is 72.8 Å². The van der Waals surface area contributed by atoms with Crippen molar-refractivity contribution in [2.75, 3.05) is 14.2 Å². The van der Waals surface area contributed by atoms with Gasteiger partial charge >= 0.3 is 0 Å². The molecule has 0 aliphatic carbocycles. The van der Waals surface area contributed by atoms with E-state index in [2.05, 4.69) is 38.1 Å². The quantitative estimate of drug-likeness (QED) is 0.186. The van der Waals surface area contributed by atoms with Gasteiger partial charge < -0.3 is 18.3 Å². The number of benzene rings is 4. The van der Waals surface area contributed by atoms with Crippen LogP contribution in [0.25, 0.3) is 44.6 Å². The Morgan fingerprint density at radius 2 is 0.929 bits per heavy atom. The number of nitrogens with zero attached hydrogens (tertiary/aromatic N) is 2. The van der Waals surface area contributed by atoms with Gasteiger partial charge in [0.25, 0.3) is 0 Å². The molecule has 4 aromatic carbocycles. The predicted molar refractivity (Wildman–Crippen MR) is 166 cm³/mol. The van der Waals surface area contributed by atoms with Gasteiger partial charge in [-0.05, 0) is 96.8 Å². The first-order valence-electron chi connectivity index (χ1n) is 14.1. The Hall–Kier alpha value is -5.10. The average molecular weight is 557 g/mol. The monoisotopic (exact) mass is 556 g/mol. The normalized spacial score (nSPS) is 12.3. The van der Waals surface area contributed by atoms with Crippen LogP contribution in [-0.4, -0.2) is 14.2 Å². The molecule has 0 bridgehead atoms. The van der Waals surface area contributed by atoms with Crippen LogP contribution in [0.15, 0.2) is 116 Å². The molecule has 6 aromatic rings. The maximum atomic E-state index is 6.34. The fourth-order valence-corrected chi connectivity index (χ4v) is 4.94. The largest absolute Gasteiger partial charge is 0.497 e. The molecule has 0 aliphatic rings. The summed E-state index contributed by atoms with van der Waals surface area (Å²) < 4.78 is 23.4. The van der Waals surface area contributed by atoms with E-state index >= 15 is 0 Å². The molecule has 6 rings (SSSR count). The van der Waals surface area contributed by atoms with E-state index < -0.39 is 0 Å². The molecule has 0 unspecified atom stereocenters. The second kappa shape index (κ2) is 11.8. The Morgan fingerprint density at radius 3 is 1.29 bits per heavy atom. The highest BCUT2D eigenvalue weighted by atomic mass is 16.5. The second-order valence-corrected chi connectivity index (χ2v) is 10.0. The van der Waals surface area contributed by atoms with Gasteiger partial charge in [-0.2, -0.15) is 0 Å². The van der Waals surface area contributed by atoms with Gasteiger partial charge in [0.2, 0.25) is 0 Å². The fraction of sp³-hybridized carbons (Fsp3) is 0.167. The molecule has 0 saturated heterocycles. The Morgan fingerprint density at radius 1 is 0.524 bits per heavy atom. The number of aryl methyl sites for hydroxylation is 2. The van der Waals surface area contributed by atoms with Crippen molar-refractivity contribution in [3.05, 3.63) is 119 Å². The third-order valence-corrected chi connectivity index (χ3v) is 7.45. The summed E-state index contributed by atoms with van der Waals surface area (Å²) in [4.78, 5) is 0. The average Bonchev–Trinajstić information content (AvgIpc) is 3.06. The van der Waals surface area contributed by atoms with E-state index in [1.165, 1.54) is 11.1 Å². The predicted octanol–water partition coefficient (Wildman–Crippen LogP) is 8.07. The van der Waals surface area contributed by atoms with Crippen molar-refractivity contribution in [1.82, 2.24) is 0 Å². The standard InChI is InChI=1S/C36H32N2O4/c1-5-23-7-17-33-29(19-23)31(21-35(41-33)25-9-13-27(39-3)14-10-25)37-38-32-22-36(26-11-15-28(40-4)16-12-26)42-34-18-8-24(6-2)20-30(32)34/h7-22H,5-6H2,1-4H3/b37-31-,38-32+. The zero-order valence-electron chi connectivity index (χ0n) is 24.2. The SMILES string of the molecule is CCc1ccc2oc(-c3ccc(OC)cc3)c/c(=N/N=c3\cc(-c4ccc(OC)cc4)oc4ccc(CC)cc34)c2c1. The Kier molecular flexibility index (Phi) is 7.60. The van der Waals surface area contributed by atoms with E-state index in [0.29, 0.717) is 11.5 Å². The zero-order chi connectivity index (χ0) is 29.1. The van der Waals surface area contributed by atoms with Crippen LogP contribution in [0.5, 0.6) is 11.5 Å². The highest BCUT2D eigenvalue weighted by molar-refractivity contribution is 5.80. The van der Waals surface area contributed by atoms with Crippen molar-refractivity contribution in [2.45, 2.75) is 26.7 Å². The molecule has 0 fully saturated rings. The molecule has 2 aromatic heterocycles. The maximum absolute atomic E-state index is 6.34. The fourth-order valence-electron chi connectivity index (χ4n) is 4.94. The molecular weight excluding hydrogens is 524 g/mol. The van der Waals surface area contributed by atoms with Crippen molar-refractivity contribution >= 4 is 21.9 Å². The molecule has 210 valence electrons. The third kappa shape index (κ3) is 5.44. The van der Waals surface area contributed by atoms with Gasteiger partial charge in [-0.1, -0.05) is 26.0 Å². The van der Waals surface area contributed by atoms with Crippen LogP contribution in [-0.2, 0) is 12.8 Å². The molecule has 0 N–H and O–H groups in total. The highest BCUT2D eigenvalue weighted by Gasteiger charge is 2.10. The molecule has 2 heterocycles. The van der Waals surface area contributed by atoms with Gasteiger partial charge in [-0.15, -0.1) is 10.2 Å². The van der Waals surface area contributed by atoms with Gasteiger partial charge in [0.15, 0.2) is 0 Å². The first kappa shape index (κ1) is 27.1. The van der Waals surface area contributed by atoms with E-state index in [-0.39, 0.29) is 0 Å². The van der Waals surface area contributed by atoms with Crippen molar-refractivity contribution < 1.29 is 18.3 Å². The minimum Gasteiger partial charge on any atom is -0.497 e. The summed E-state index contributed by atoms with van der Waals surface area (Å²) >= 11 is 0. The van der Waals surface area contributed by atoms with Crippen LogP contribution in [0, 0.1) is 0 Å². The molecule has 42 heavy (non-hydrogen) atoms. The van der Waals surface area contributed by atoms with Gasteiger partial charge in [-0.25, -0.2) is 0 Å². The molecule has 0 saturated carbocycles. The molecule has 6 nitrogen and oxygen atoms in total. The van der Waals surface area contributed by atoms with Crippen LogP contribution in [0.1, 0.15) is 25.0 Å². The Bertz CT molecular complexity index is 1870. The molecule has 0 atom stereocenters. The van der Waals surface area contributed by atoms with Crippen molar-refractivity contribution in [3.8, 4) is 34.1 Å². The number of fused-ring (bicyclic) bond motifs is 2. The van der Waals surface area contributed by atoms with Gasteiger partial charge in [0.1, 0.15) is 44.9 Å². The molecule has 0 amide bonds. The van der Waals surface area contributed by atoms with Crippen LogP contribution < -0.4 is 20.2 Å². The third-order valence-electron chi connectivity index (χ3n) is 7.45. The van der Waals surface area contributed by atoms with Gasteiger partial charge in [-0.3, -0.25) is 0 Å². The Balaban J connectivity index is 1.60. The topological polar surface area (TPSA) is 69.5 Å². The van der Waals surface area contributed by atoms with Crippen LogP contribution in [0.3, 0.4) is 0 Å². The van der Waals surface area contributed by atoms with E-state index in [4.69, 9.17) is 28.5 Å². The smallest absolute Gasteiger partial charge is 0.136 e. The lowest BCUT2D eigenvalue weighted by atomic mass is 10.1. The van der Waals surface area contributed by atoms with E-state index in [0.717, 1.165) is 68.1 Å². The minimum absolute atomic E-state index is 0.698. The summed E-state index contributed by atoms with van der Waals surface area (Å²) in [6, 6.07) is 31.9. The number of ether oxygens (including phenoxy) is 2.